The van der Waals surface area contributed by atoms with Crippen molar-refractivity contribution in [2.75, 3.05) is 18.0 Å². The van der Waals surface area contributed by atoms with Crippen molar-refractivity contribution in [1.82, 2.24) is 14.8 Å². The number of aliphatic hydroxyl groups excluding tert-OH is 1. The molecule has 0 spiro atoms. The molecule has 3 heterocycles. The fourth-order valence-corrected chi connectivity index (χ4v) is 3.16. The molecule has 0 bridgehead atoms. The number of anilines is 1. The van der Waals surface area contributed by atoms with Crippen LogP contribution >= 0.6 is 11.6 Å². The molecular formula is C17H17ClN4O. The minimum absolute atomic E-state index is 0.197. The smallest absolute Gasteiger partial charge is 0.159 e. The average molecular weight is 329 g/mol. The third-order valence-corrected chi connectivity index (χ3v) is 4.55. The van der Waals surface area contributed by atoms with Gasteiger partial charge in [-0.1, -0.05) is 11.6 Å². The monoisotopic (exact) mass is 328 g/mol. The summed E-state index contributed by atoms with van der Waals surface area (Å²) in [5.74, 6) is 0.948. The summed E-state index contributed by atoms with van der Waals surface area (Å²) < 4.78 is 1.90. The summed E-state index contributed by atoms with van der Waals surface area (Å²) in [4.78, 5) is 6.48. The zero-order chi connectivity index (χ0) is 15.8. The Labute approximate surface area is 139 Å². The summed E-state index contributed by atoms with van der Waals surface area (Å²) in [6.07, 6.45) is 4.98. The third kappa shape index (κ3) is 2.66. The molecule has 0 aliphatic carbocycles. The first-order valence-corrected chi connectivity index (χ1v) is 8.12. The van der Waals surface area contributed by atoms with E-state index in [1.807, 2.05) is 41.2 Å². The summed E-state index contributed by atoms with van der Waals surface area (Å²) >= 11 is 5.98. The van der Waals surface area contributed by atoms with E-state index in [1.54, 1.807) is 6.20 Å². The van der Waals surface area contributed by atoms with Crippen molar-refractivity contribution in [3.05, 3.63) is 47.7 Å². The predicted octanol–water partition coefficient (Wildman–Crippen LogP) is 3.04. The van der Waals surface area contributed by atoms with Crippen molar-refractivity contribution in [3.63, 3.8) is 0 Å². The predicted molar refractivity (Wildman–Crippen MR) is 91.3 cm³/mol. The summed E-state index contributed by atoms with van der Waals surface area (Å²) in [7, 11) is 0. The van der Waals surface area contributed by atoms with Crippen LogP contribution in [0.15, 0.2) is 42.7 Å². The first-order chi connectivity index (χ1) is 11.2. The molecule has 1 saturated heterocycles. The van der Waals surface area contributed by atoms with Gasteiger partial charge in [0.25, 0.3) is 0 Å². The topological polar surface area (TPSA) is 54.2 Å². The maximum absolute atomic E-state index is 9.72. The number of fused-ring (bicyclic) bond motifs is 1. The Hall–Kier alpha value is -2.11. The lowest BCUT2D eigenvalue weighted by Gasteiger charge is -2.29. The van der Waals surface area contributed by atoms with Crippen molar-refractivity contribution in [3.8, 4) is 5.69 Å². The fourth-order valence-electron chi connectivity index (χ4n) is 3.04. The molecule has 0 atom stereocenters. The molecule has 1 aromatic carbocycles. The van der Waals surface area contributed by atoms with E-state index in [-0.39, 0.29) is 6.10 Å². The Balaban J connectivity index is 1.81. The number of aromatic nitrogens is 3. The van der Waals surface area contributed by atoms with E-state index in [2.05, 4.69) is 9.88 Å². The van der Waals surface area contributed by atoms with Gasteiger partial charge in [0.1, 0.15) is 0 Å². The van der Waals surface area contributed by atoms with Crippen LogP contribution in [0.25, 0.3) is 16.6 Å². The lowest BCUT2D eigenvalue weighted by atomic mass is 10.1. The Morgan fingerprint density at radius 1 is 1.09 bits per heavy atom. The molecular weight excluding hydrogens is 312 g/mol. The van der Waals surface area contributed by atoms with E-state index >= 15 is 0 Å². The van der Waals surface area contributed by atoms with E-state index in [9.17, 15) is 5.11 Å². The second-order valence-electron chi connectivity index (χ2n) is 5.82. The average Bonchev–Trinajstić information content (AvgIpc) is 2.96. The van der Waals surface area contributed by atoms with Crippen LogP contribution in [-0.2, 0) is 0 Å². The van der Waals surface area contributed by atoms with Crippen LogP contribution in [0.4, 0.5) is 5.82 Å². The highest BCUT2D eigenvalue weighted by molar-refractivity contribution is 6.30. The maximum atomic E-state index is 9.72. The summed E-state index contributed by atoms with van der Waals surface area (Å²) in [5.41, 5.74) is 1.92. The van der Waals surface area contributed by atoms with Gasteiger partial charge in [0.15, 0.2) is 5.82 Å². The van der Waals surface area contributed by atoms with E-state index < -0.39 is 0 Å². The van der Waals surface area contributed by atoms with Gasteiger partial charge in [0.05, 0.1) is 23.5 Å². The lowest BCUT2D eigenvalue weighted by Crippen LogP contribution is -2.36. The molecule has 1 N–H and O–H groups in total. The number of piperidine rings is 1. The van der Waals surface area contributed by atoms with Gasteiger partial charge in [-0.05, 0) is 43.2 Å². The van der Waals surface area contributed by atoms with Gasteiger partial charge < -0.3 is 10.0 Å². The molecule has 2 aromatic heterocycles. The number of halogens is 1. The zero-order valence-electron chi connectivity index (χ0n) is 12.6. The quantitative estimate of drug-likeness (QED) is 0.785. The third-order valence-electron chi connectivity index (χ3n) is 4.30. The Morgan fingerprint density at radius 3 is 2.57 bits per heavy atom. The Morgan fingerprint density at radius 2 is 1.83 bits per heavy atom. The van der Waals surface area contributed by atoms with E-state index in [0.29, 0.717) is 5.02 Å². The van der Waals surface area contributed by atoms with Crippen molar-refractivity contribution < 1.29 is 5.11 Å². The van der Waals surface area contributed by atoms with Crippen molar-refractivity contribution >= 4 is 28.3 Å². The van der Waals surface area contributed by atoms with E-state index in [1.165, 1.54) is 0 Å². The first kappa shape index (κ1) is 14.5. The number of rotatable bonds is 2. The molecule has 4 rings (SSSR count). The van der Waals surface area contributed by atoms with E-state index in [0.717, 1.165) is 48.3 Å². The van der Waals surface area contributed by atoms with Gasteiger partial charge in [0, 0.05) is 29.7 Å². The SMILES string of the molecule is OC1CCN(c2nn(-c3ccc(Cl)cc3)c3cnccc23)CC1. The van der Waals surface area contributed by atoms with Crippen molar-refractivity contribution in [2.45, 2.75) is 18.9 Å². The second-order valence-corrected chi connectivity index (χ2v) is 6.26. The highest BCUT2D eigenvalue weighted by Crippen LogP contribution is 2.30. The molecule has 1 aliphatic heterocycles. The number of aliphatic hydroxyl groups is 1. The number of benzene rings is 1. The molecule has 118 valence electrons. The molecule has 1 fully saturated rings. The van der Waals surface area contributed by atoms with Crippen LogP contribution in [0.3, 0.4) is 0 Å². The van der Waals surface area contributed by atoms with Gasteiger partial charge in [-0.25, -0.2) is 4.68 Å². The molecule has 6 heteroatoms. The standard InChI is InChI=1S/C17H17ClN4O/c18-12-1-3-13(4-2-12)22-16-11-19-8-5-15(16)17(20-22)21-9-6-14(23)7-10-21/h1-5,8,11,14,23H,6-7,9-10H2. The molecule has 3 aromatic rings. The van der Waals surface area contributed by atoms with Crippen LogP contribution in [0.1, 0.15) is 12.8 Å². The van der Waals surface area contributed by atoms with Crippen molar-refractivity contribution in [2.24, 2.45) is 0 Å². The van der Waals surface area contributed by atoms with Gasteiger partial charge >= 0.3 is 0 Å². The minimum Gasteiger partial charge on any atom is -0.393 e. The normalized spacial score (nSPS) is 16.2. The number of pyridine rings is 1. The molecule has 0 amide bonds. The van der Waals surface area contributed by atoms with Gasteiger partial charge in [0.2, 0.25) is 0 Å². The minimum atomic E-state index is -0.197. The molecule has 5 nitrogen and oxygen atoms in total. The molecule has 23 heavy (non-hydrogen) atoms. The summed E-state index contributed by atoms with van der Waals surface area (Å²) in [5, 5.41) is 16.3. The molecule has 0 saturated carbocycles. The summed E-state index contributed by atoms with van der Waals surface area (Å²) in [6, 6.07) is 9.61. The Bertz CT molecular complexity index is 822. The maximum Gasteiger partial charge on any atom is 0.159 e. The molecule has 0 unspecified atom stereocenters. The van der Waals surface area contributed by atoms with Crippen LogP contribution in [-0.4, -0.2) is 39.1 Å². The zero-order valence-corrected chi connectivity index (χ0v) is 13.3. The van der Waals surface area contributed by atoms with Crippen molar-refractivity contribution in [1.29, 1.82) is 0 Å². The van der Waals surface area contributed by atoms with Gasteiger partial charge in [-0.15, -0.1) is 5.10 Å². The van der Waals surface area contributed by atoms with Crippen LogP contribution < -0.4 is 4.90 Å². The molecule has 0 radical (unpaired) electrons. The fraction of sp³-hybridized carbons (Fsp3) is 0.294. The van der Waals surface area contributed by atoms with Crippen LogP contribution in [0.5, 0.6) is 0 Å². The van der Waals surface area contributed by atoms with Crippen LogP contribution in [0, 0.1) is 0 Å². The van der Waals surface area contributed by atoms with Gasteiger partial charge in [-0.3, -0.25) is 4.98 Å². The van der Waals surface area contributed by atoms with Crippen LogP contribution in [0.2, 0.25) is 5.02 Å². The summed E-state index contributed by atoms with van der Waals surface area (Å²) in [6.45, 7) is 1.63. The highest BCUT2D eigenvalue weighted by Gasteiger charge is 2.22. The number of nitrogens with zero attached hydrogens (tertiary/aromatic N) is 4. The largest absolute Gasteiger partial charge is 0.393 e. The highest BCUT2D eigenvalue weighted by atomic mass is 35.5. The second kappa shape index (κ2) is 5.83. The number of hydrogen-bond acceptors (Lipinski definition) is 4. The first-order valence-electron chi connectivity index (χ1n) is 7.74. The lowest BCUT2D eigenvalue weighted by molar-refractivity contribution is 0.145. The van der Waals surface area contributed by atoms with Gasteiger partial charge in [-0.2, -0.15) is 0 Å². The van der Waals surface area contributed by atoms with E-state index in [4.69, 9.17) is 16.7 Å². The number of hydrogen-bond donors (Lipinski definition) is 1. The molecule has 1 aliphatic rings. The Kier molecular flexibility index (Phi) is 3.67.